The van der Waals surface area contributed by atoms with Crippen molar-refractivity contribution in [1.82, 2.24) is 5.32 Å². The molecule has 104 valence electrons. The van der Waals surface area contributed by atoms with Gasteiger partial charge in [-0.1, -0.05) is 6.42 Å². The van der Waals surface area contributed by atoms with Crippen LogP contribution in [0.3, 0.4) is 0 Å². The zero-order valence-corrected chi connectivity index (χ0v) is 10.4. The Morgan fingerprint density at radius 1 is 1.05 bits per heavy atom. The number of hydrogen-bond acceptors (Lipinski definition) is 2. The fourth-order valence-corrected chi connectivity index (χ4v) is 3.39. The molecule has 2 fully saturated rings. The van der Waals surface area contributed by atoms with Crippen molar-refractivity contribution >= 4 is 0 Å². The van der Waals surface area contributed by atoms with E-state index < -0.39 is 23.1 Å². The van der Waals surface area contributed by atoms with Gasteiger partial charge in [0.2, 0.25) is 0 Å². The van der Waals surface area contributed by atoms with Gasteiger partial charge < -0.3 is 10.4 Å². The standard InChI is InChI=1S/C14H16F3NO/c15-11-4-8(5-12(16)13(11)17)14(19)6-9-2-1-3-10(7-14)18-9/h4-5,9-10,18-19H,1-3,6-7H2. The normalized spacial score (nSPS) is 34.3. The molecule has 0 aromatic heterocycles. The average Bonchev–Trinajstić information content (AvgIpc) is 2.34. The lowest BCUT2D eigenvalue weighted by atomic mass is 9.74. The molecule has 19 heavy (non-hydrogen) atoms. The summed E-state index contributed by atoms with van der Waals surface area (Å²) in [6.45, 7) is 0. The summed E-state index contributed by atoms with van der Waals surface area (Å²) < 4.78 is 39.6. The van der Waals surface area contributed by atoms with Crippen molar-refractivity contribution in [2.45, 2.75) is 49.8 Å². The molecule has 0 amide bonds. The monoisotopic (exact) mass is 271 g/mol. The Labute approximate surface area is 109 Å². The topological polar surface area (TPSA) is 32.3 Å². The molecule has 2 atom stereocenters. The first-order valence-electron chi connectivity index (χ1n) is 6.61. The minimum atomic E-state index is -1.48. The number of piperidine rings is 2. The number of halogens is 3. The Balaban J connectivity index is 1.96. The third-order valence-electron chi connectivity index (χ3n) is 4.27. The van der Waals surface area contributed by atoms with Crippen LogP contribution < -0.4 is 5.32 Å². The lowest BCUT2D eigenvalue weighted by molar-refractivity contribution is -0.0364. The van der Waals surface area contributed by atoms with Crippen molar-refractivity contribution in [1.29, 1.82) is 0 Å². The minimum Gasteiger partial charge on any atom is -0.385 e. The molecule has 2 unspecified atom stereocenters. The number of benzene rings is 1. The molecular formula is C14H16F3NO. The van der Waals surface area contributed by atoms with E-state index >= 15 is 0 Å². The van der Waals surface area contributed by atoms with Gasteiger partial charge in [-0.3, -0.25) is 0 Å². The van der Waals surface area contributed by atoms with Gasteiger partial charge in [0, 0.05) is 12.1 Å². The third kappa shape index (κ3) is 2.25. The van der Waals surface area contributed by atoms with Gasteiger partial charge in [0.25, 0.3) is 0 Å². The van der Waals surface area contributed by atoms with Crippen LogP contribution in [0.4, 0.5) is 13.2 Å². The van der Waals surface area contributed by atoms with Crippen molar-refractivity contribution in [3.63, 3.8) is 0 Å². The number of nitrogens with one attached hydrogen (secondary N) is 1. The van der Waals surface area contributed by atoms with Crippen LogP contribution in [0.1, 0.15) is 37.7 Å². The Bertz CT molecular complexity index is 470. The van der Waals surface area contributed by atoms with Gasteiger partial charge in [0.15, 0.2) is 17.5 Å². The Morgan fingerprint density at radius 3 is 2.11 bits per heavy atom. The van der Waals surface area contributed by atoms with E-state index in [1.807, 2.05) is 0 Å². The highest BCUT2D eigenvalue weighted by molar-refractivity contribution is 5.27. The number of rotatable bonds is 1. The van der Waals surface area contributed by atoms with Crippen LogP contribution >= 0.6 is 0 Å². The van der Waals surface area contributed by atoms with Crippen LogP contribution in [0.5, 0.6) is 0 Å². The maximum atomic E-state index is 13.3. The molecule has 2 aliphatic heterocycles. The molecule has 2 aliphatic rings. The summed E-state index contributed by atoms with van der Waals surface area (Å²) in [6.07, 6.45) is 3.82. The lowest BCUT2D eigenvalue weighted by Gasteiger charge is -2.45. The van der Waals surface area contributed by atoms with Crippen molar-refractivity contribution in [3.05, 3.63) is 35.1 Å². The van der Waals surface area contributed by atoms with Crippen LogP contribution in [-0.2, 0) is 5.60 Å². The predicted molar refractivity (Wildman–Crippen MR) is 64.0 cm³/mol. The summed E-state index contributed by atoms with van der Waals surface area (Å²) in [7, 11) is 0. The highest BCUT2D eigenvalue weighted by atomic mass is 19.2. The van der Waals surface area contributed by atoms with Crippen LogP contribution in [-0.4, -0.2) is 17.2 Å². The van der Waals surface area contributed by atoms with E-state index in [0.29, 0.717) is 12.8 Å². The molecule has 2 nitrogen and oxygen atoms in total. The summed E-state index contributed by atoms with van der Waals surface area (Å²) in [5, 5.41) is 14.1. The quantitative estimate of drug-likeness (QED) is 0.769. The highest BCUT2D eigenvalue weighted by Gasteiger charge is 2.42. The van der Waals surface area contributed by atoms with E-state index in [1.54, 1.807) is 0 Å². The molecule has 1 aromatic carbocycles. The maximum absolute atomic E-state index is 13.3. The first-order valence-corrected chi connectivity index (χ1v) is 6.61. The summed E-state index contributed by atoms with van der Waals surface area (Å²) in [5.74, 6) is -3.97. The van der Waals surface area contributed by atoms with E-state index in [2.05, 4.69) is 5.32 Å². The second-order valence-electron chi connectivity index (χ2n) is 5.69. The van der Waals surface area contributed by atoms with Gasteiger partial charge in [-0.2, -0.15) is 0 Å². The predicted octanol–water partition coefficient (Wildman–Crippen LogP) is 2.60. The van der Waals surface area contributed by atoms with Crippen LogP contribution in [0.2, 0.25) is 0 Å². The molecule has 2 bridgehead atoms. The largest absolute Gasteiger partial charge is 0.385 e. The molecule has 2 saturated heterocycles. The molecule has 5 heteroatoms. The van der Waals surface area contributed by atoms with Crippen molar-refractivity contribution < 1.29 is 18.3 Å². The Hall–Kier alpha value is -1.07. The number of aliphatic hydroxyl groups is 1. The molecule has 2 N–H and O–H groups in total. The van der Waals surface area contributed by atoms with Gasteiger partial charge >= 0.3 is 0 Å². The van der Waals surface area contributed by atoms with Gasteiger partial charge in [0.1, 0.15) is 0 Å². The highest BCUT2D eigenvalue weighted by Crippen LogP contribution is 2.40. The van der Waals surface area contributed by atoms with E-state index in [-0.39, 0.29) is 17.6 Å². The van der Waals surface area contributed by atoms with Crippen molar-refractivity contribution in [3.8, 4) is 0 Å². The SMILES string of the molecule is OC1(c2cc(F)c(F)c(F)c2)CC2CCCC(C1)N2. The first kappa shape index (κ1) is 12.9. The molecule has 2 heterocycles. The summed E-state index contributed by atoms with van der Waals surface area (Å²) >= 11 is 0. The van der Waals surface area contributed by atoms with E-state index in [0.717, 1.165) is 31.4 Å². The fraction of sp³-hybridized carbons (Fsp3) is 0.571. The zero-order chi connectivity index (χ0) is 13.6. The molecule has 1 aromatic rings. The van der Waals surface area contributed by atoms with Gasteiger partial charge in [-0.25, -0.2) is 13.2 Å². The second-order valence-corrected chi connectivity index (χ2v) is 5.69. The van der Waals surface area contributed by atoms with Gasteiger partial charge in [-0.05, 0) is 43.4 Å². The number of fused-ring (bicyclic) bond motifs is 2. The Kier molecular flexibility index (Phi) is 3.06. The van der Waals surface area contributed by atoms with Crippen LogP contribution in [0, 0.1) is 17.5 Å². The van der Waals surface area contributed by atoms with Crippen molar-refractivity contribution in [2.24, 2.45) is 0 Å². The van der Waals surface area contributed by atoms with Crippen molar-refractivity contribution in [2.75, 3.05) is 0 Å². The average molecular weight is 271 g/mol. The van der Waals surface area contributed by atoms with Crippen LogP contribution in [0.15, 0.2) is 12.1 Å². The van der Waals surface area contributed by atoms with Gasteiger partial charge in [0.05, 0.1) is 5.60 Å². The minimum absolute atomic E-state index is 0.141. The molecular weight excluding hydrogens is 255 g/mol. The van der Waals surface area contributed by atoms with Gasteiger partial charge in [-0.15, -0.1) is 0 Å². The van der Waals surface area contributed by atoms with Crippen LogP contribution in [0.25, 0.3) is 0 Å². The third-order valence-corrected chi connectivity index (χ3v) is 4.27. The lowest BCUT2D eigenvalue weighted by Crippen LogP contribution is -2.54. The molecule has 0 radical (unpaired) electrons. The molecule has 0 saturated carbocycles. The summed E-state index contributed by atoms with van der Waals surface area (Å²) in [6, 6.07) is 2.15. The van der Waals surface area contributed by atoms with E-state index in [9.17, 15) is 18.3 Å². The zero-order valence-electron chi connectivity index (χ0n) is 10.4. The second kappa shape index (κ2) is 4.49. The summed E-state index contributed by atoms with van der Waals surface area (Å²) in [4.78, 5) is 0. The molecule has 3 rings (SSSR count). The smallest absolute Gasteiger partial charge is 0.194 e. The van der Waals surface area contributed by atoms with E-state index in [1.165, 1.54) is 0 Å². The summed E-state index contributed by atoms with van der Waals surface area (Å²) in [5.41, 5.74) is -1.13. The maximum Gasteiger partial charge on any atom is 0.194 e. The molecule has 0 aliphatic carbocycles. The number of hydrogen-bond donors (Lipinski definition) is 2. The first-order chi connectivity index (χ1) is 8.98. The fourth-order valence-electron chi connectivity index (χ4n) is 3.39. The molecule has 0 spiro atoms. The van der Waals surface area contributed by atoms with E-state index in [4.69, 9.17) is 0 Å². The Morgan fingerprint density at radius 2 is 1.58 bits per heavy atom.